The van der Waals surface area contributed by atoms with Crippen molar-refractivity contribution in [3.05, 3.63) is 61.0 Å². The zero-order valence-electron chi connectivity index (χ0n) is 22.5. The normalized spacial score (nSPS) is 21.2. The van der Waals surface area contributed by atoms with Crippen LogP contribution in [0.1, 0.15) is 82.3 Å². The zero-order valence-corrected chi connectivity index (χ0v) is 26.2. The monoisotopic (exact) mass is 678 g/mol. The standard InChI is InChI=1S/C31H36ClIN2O3S/c1-2-37-27-18-22(17-26(32)29(27)38-20-21-13-15-23(33)16-14-21)19-28-30(36)35(25-11-7-4-8-12-25)31(39-28)34-24-9-5-3-6-10-24/h13-19,24-25H,2-12,20H2,1H3. The maximum absolute atomic E-state index is 13.8. The Morgan fingerprint density at radius 1 is 1.03 bits per heavy atom. The number of hydrogen-bond donors (Lipinski definition) is 0. The van der Waals surface area contributed by atoms with Gasteiger partial charge >= 0.3 is 0 Å². The highest BCUT2D eigenvalue weighted by Crippen LogP contribution is 2.41. The Kier molecular flexibility index (Phi) is 10.2. The van der Waals surface area contributed by atoms with Crippen LogP contribution in [0.25, 0.3) is 6.08 Å². The fourth-order valence-electron chi connectivity index (χ4n) is 5.57. The number of amides is 1. The molecule has 0 spiro atoms. The molecule has 0 radical (unpaired) electrons. The predicted octanol–water partition coefficient (Wildman–Crippen LogP) is 8.86. The summed E-state index contributed by atoms with van der Waals surface area (Å²) in [6.45, 7) is 2.81. The molecule has 2 saturated carbocycles. The highest BCUT2D eigenvalue weighted by Gasteiger charge is 2.39. The largest absolute Gasteiger partial charge is 0.490 e. The van der Waals surface area contributed by atoms with Gasteiger partial charge in [0.1, 0.15) is 6.61 Å². The fraction of sp³-hybridized carbons (Fsp3) is 0.484. The molecule has 0 atom stereocenters. The second kappa shape index (κ2) is 13.8. The SMILES string of the molecule is CCOc1cc(C=C2SC(=NC3CCCCC3)N(C3CCCCC3)C2=O)cc(Cl)c1OCc1ccc(I)cc1. The molecule has 2 aliphatic carbocycles. The number of amidine groups is 1. The molecular weight excluding hydrogens is 643 g/mol. The Hall–Kier alpha value is -1.71. The van der Waals surface area contributed by atoms with Crippen LogP contribution in [-0.2, 0) is 11.4 Å². The van der Waals surface area contributed by atoms with Crippen molar-refractivity contribution < 1.29 is 14.3 Å². The van der Waals surface area contributed by atoms with Gasteiger partial charge in [0.25, 0.3) is 5.91 Å². The minimum atomic E-state index is 0.0644. The van der Waals surface area contributed by atoms with Crippen LogP contribution in [0.5, 0.6) is 11.5 Å². The van der Waals surface area contributed by atoms with E-state index in [0.717, 1.165) is 42.0 Å². The van der Waals surface area contributed by atoms with Gasteiger partial charge in [-0.3, -0.25) is 14.7 Å². The number of carbonyl (C=O) groups is 1. The Balaban J connectivity index is 1.41. The molecule has 0 N–H and O–H groups in total. The van der Waals surface area contributed by atoms with Crippen LogP contribution in [0, 0.1) is 3.57 Å². The molecule has 208 valence electrons. The molecule has 2 aromatic rings. The summed E-state index contributed by atoms with van der Waals surface area (Å²) in [5.41, 5.74) is 1.88. The topological polar surface area (TPSA) is 51.1 Å². The lowest BCUT2D eigenvalue weighted by Gasteiger charge is -2.31. The van der Waals surface area contributed by atoms with E-state index < -0.39 is 0 Å². The van der Waals surface area contributed by atoms with Gasteiger partial charge in [0.15, 0.2) is 16.7 Å². The van der Waals surface area contributed by atoms with Crippen molar-refractivity contribution in [2.24, 2.45) is 4.99 Å². The molecule has 3 aliphatic rings. The molecule has 0 aromatic heterocycles. The van der Waals surface area contributed by atoms with E-state index >= 15 is 0 Å². The molecule has 1 amide bonds. The van der Waals surface area contributed by atoms with Gasteiger partial charge in [0.05, 0.1) is 22.6 Å². The van der Waals surface area contributed by atoms with Crippen LogP contribution in [0.4, 0.5) is 0 Å². The van der Waals surface area contributed by atoms with Crippen LogP contribution in [0.3, 0.4) is 0 Å². The van der Waals surface area contributed by atoms with Gasteiger partial charge in [-0.15, -0.1) is 0 Å². The van der Waals surface area contributed by atoms with Crippen molar-refractivity contribution in [3.8, 4) is 11.5 Å². The summed E-state index contributed by atoms with van der Waals surface area (Å²) in [4.78, 5) is 21.6. The van der Waals surface area contributed by atoms with E-state index in [9.17, 15) is 4.79 Å². The Morgan fingerprint density at radius 3 is 2.41 bits per heavy atom. The maximum Gasteiger partial charge on any atom is 0.266 e. The van der Waals surface area contributed by atoms with Crippen molar-refractivity contribution in [1.29, 1.82) is 0 Å². The van der Waals surface area contributed by atoms with E-state index in [2.05, 4.69) is 34.7 Å². The van der Waals surface area contributed by atoms with Gasteiger partial charge in [-0.1, -0.05) is 62.3 Å². The first-order valence-electron chi connectivity index (χ1n) is 14.2. The first-order chi connectivity index (χ1) is 19.0. The summed E-state index contributed by atoms with van der Waals surface area (Å²) >= 11 is 10.5. The molecule has 3 fully saturated rings. The first-order valence-corrected chi connectivity index (χ1v) is 16.4. The highest BCUT2D eigenvalue weighted by atomic mass is 127. The third kappa shape index (κ3) is 7.33. The van der Waals surface area contributed by atoms with E-state index in [0.29, 0.717) is 40.7 Å². The van der Waals surface area contributed by atoms with Gasteiger partial charge in [-0.2, -0.15) is 0 Å². The van der Waals surface area contributed by atoms with Crippen molar-refractivity contribution in [2.45, 2.75) is 89.8 Å². The molecule has 0 unspecified atom stereocenters. The Bertz CT molecular complexity index is 1220. The van der Waals surface area contributed by atoms with Crippen molar-refractivity contribution in [1.82, 2.24) is 4.90 Å². The minimum absolute atomic E-state index is 0.0644. The number of nitrogens with zero attached hydrogens (tertiary/aromatic N) is 2. The average Bonchev–Trinajstić information content (AvgIpc) is 3.24. The van der Waals surface area contributed by atoms with Crippen molar-refractivity contribution in [3.63, 3.8) is 0 Å². The second-order valence-corrected chi connectivity index (χ2v) is 13.1. The van der Waals surface area contributed by atoms with Crippen LogP contribution in [0.2, 0.25) is 5.02 Å². The number of carbonyl (C=O) groups excluding carboxylic acids is 1. The molecule has 5 rings (SSSR count). The van der Waals surface area contributed by atoms with E-state index in [1.165, 1.54) is 53.9 Å². The second-order valence-electron chi connectivity index (χ2n) is 10.5. The Labute approximate surface area is 254 Å². The first kappa shape index (κ1) is 28.8. The van der Waals surface area contributed by atoms with E-state index in [-0.39, 0.29) is 11.9 Å². The smallest absolute Gasteiger partial charge is 0.266 e. The van der Waals surface area contributed by atoms with Gasteiger partial charge < -0.3 is 9.47 Å². The van der Waals surface area contributed by atoms with Crippen LogP contribution >= 0.6 is 46.0 Å². The molecule has 0 bridgehead atoms. The number of benzene rings is 2. The number of halogens is 2. The van der Waals surface area contributed by atoms with Crippen molar-refractivity contribution >= 4 is 63.1 Å². The molecule has 1 heterocycles. The Morgan fingerprint density at radius 2 is 1.72 bits per heavy atom. The summed E-state index contributed by atoms with van der Waals surface area (Å²) in [5.74, 6) is 1.17. The van der Waals surface area contributed by atoms with Gasteiger partial charge in [0.2, 0.25) is 0 Å². The third-order valence-corrected chi connectivity index (χ3v) is 9.57. The maximum atomic E-state index is 13.8. The van der Waals surface area contributed by atoms with E-state index in [4.69, 9.17) is 26.1 Å². The molecular formula is C31H36ClIN2O3S. The molecule has 1 saturated heterocycles. The summed E-state index contributed by atoms with van der Waals surface area (Å²) in [7, 11) is 0. The lowest BCUT2D eigenvalue weighted by Crippen LogP contribution is -2.41. The van der Waals surface area contributed by atoms with Gasteiger partial charge in [-0.25, -0.2) is 0 Å². The van der Waals surface area contributed by atoms with E-state index in [1.807, 2.05) is 42.2 Å². The molecule has 2 aromatic carbocycles. The van der Waals surface area contributed by atoms with Crippen molar-refractivity contribution in [2.75, 3.05) is 6.61 Å². The molecule has 8 heteroatoms. The number of ether oxygens (including phenoxy) is 2. The van der Waals surface area contributed by atoms with Crippen LogP contribution in [0.15, 0.2) is 46.3 Å². The minimum Gasteiger partial charge on any atom is -0.490 e. The third-order valence-electron chi connectivity index (χ3n) is 7.57. The molecule has 39 heavy (non-hydrogen) atoms. The average molecular weight is 679 g/mol. The number of rotatable bonds is 8. The number of aliphatic imine (C=N–C) groups is 1. The summed E-state index contributed by atoms with van der Waals surface area (Å²) in [6, 6.07) is 12.5. The molecule has 1 aliphatic heterocycles. The van der Waals surface area contributed by atoms with Crippen LogP contribution < -0.4 is 9.47 Å². The van der Waals surface area contributed by atoms with E-state index in [1.54, 1.807) is 0 Å². The number of thioether (sulfide) groups is 1. The summed E-state index contributed by atoms with van der Waals surface area (Å²) in [6.07, 6.45) is 13.6. The summed E-state index contributed by atoms with van der Waals surface area (Å²) < 4.78 is 13.2. The quantitative estimate of drug-likeness (QED) is 0.207. The highest BCUT2D eigenvalue weighted by molar-refractivity contribution is 14.1. The number of hydrogen-bond acceptors (Lipinski definition) is 5. The lowest BCUT2D eigenvalue weighted by atomic mass is 9.94. The van der Waals surface area contributed by atoms with Gasteiger partial charge in [-0.05, 0) is 108 Å². The molecule has 5 nitrogen and oxygen atoms in total. The zero-order chi connectivity index (χ0) is 27.2. The van der Waals surface area contributed by atoms with Gasteiger partial charge in [0, 0.05) is 9.61 Å². The predicted molar refractivity (Wildman–Crippen MR) is 170 cm³/mol. The van der Waals surface area contributed by atoms with Crippen LogP contribution in [-0.4, -0.2) is 34.7 Å². The fourth-order valence-corrected chi connectivity index (χ4v) is 7.31. The summed E-state index contributed by atoms with van der Waals surface area (Å²) in [5, 5.41) is 1.35. The lowest BCUT2D eigenvalue weighted by molar-refractivity contribution is -0.124.